The molecule has 2 rings (SSSR count). The summed E-state index contributed by atoms with van der Waals surface area (Å²) in [7, 11) is 1.42. The first-order valence-corrected chi connectivity index (χ1v) is 6.95. The minimum absolute atomic E-state index is 0.140. The van der Waals surface area contributed by atoms with Crippen LogP contribution in [0.15, 0.2) is 46.9 Å². The molecule has 2 N–H and O–H groups in total. The van der Waals surface area contributed by atoms with E-state index in [0.29, 0.717) is 11.4 Å². The molecule has 22 heavy (non-hydrogen) atoms. The predicted molar refractivity (Wildman–Crippen MR) is 86.4 cm³/mol. The summed E-state index contributed by atoms with van der Waals surface area (Å²) < 4.78 is 5.90. The molecule has 0 saturated heterocycles. The normalized spacial score (nSPS) is 9.91. The Morgan fingerprint density at radius 2 is 2.00 bits per heavy atom. The fourth-order valence-corrected chi connectivity index (χ4v) is 2.16. The largest absolute Gasteiger partial charge is 0.495 e. The minimum Gasteiger partial charge on any atom is -0.495 e. The van der Waals surface area contributed by atoms with Crippen molar-refractivity contribution < 1.29 is 14.5 Å². The Labute approximate surface area is 134 Å². The molecule has 2 aromatic carbocycles. The first-order valence-electron chi connectivity index (χ1n) is 6.15. The number of amides is 2. The number of hydrogen-bond donors (Lipinski definition) is 2. The number of ether oxygens (including phenoxy) is 1. The van der Waals surface area contributed by atoms with Crippen molar-refractivity contribution in [2.45, 2.75) is 0 Å². The molecule has 0 spiro atoms. The van der Waals surface area contributed by atoms with Gasteiger partial charge in [0.05, 0.1) is 17.7 Å². The van der Waals surface area contributed by atoms with E-state index in [1.165, 1.54) is 25.3 Å². The Kier molecular flexibility index (Phi) is 4.95. The highest BCUT2D eigenvalue weighted by Gasteiger charge is 2.13. The zero-order chi connectivity index (χ0) is 16.1. The first kappa shape index (κ1) is 15.8. The molecule has 2 aromatic rings. The van der Waals surface area contributed by atoms with Crippen molar-refractivity contribution in [2.24, 2.45) is 0 Å². The number of benzene rings is 2. The number of anilines is 2. The highest BCUT2D eigenvalue weighted by Crippen LogP contribution is 2.29. The van der Waals surface area contributed by atoms with Crippen molar-refractivity contribution in [1.29, 1.82) is 0 Å². The molecule has 0 bridgehead atoms. The number of urea groups is 1. The van der Waals surface area contributed by atoms with Gasteiger partial charge in [-0.3, -0.25) is 10.1 Å². The van der Waals surface area contributed by atoms with Crippen LogP contribution in [0.25, 0.3) is 0 Å². The van der Waals surface area contributed by atoms with E-state index in [0.717, 1.165) is 4.47 Å². The third kappa shape index (κ3) is 3.95. The summed E-state index contributed by atoms with van der Waals surface area (Å²) in [6.45, 7) is 0. The van der Waals surface area contributed by atoms with Crippen molar-refractivity contribution in [2.75, 3.05) is 17.7 Å². The Morgan fingerprint density at radius 3 is 2.64 bits per heavy atom. The minimum atomic E-state index is -0.545. The van der Waals surface area contributed by atoms with E-state index in [-0.39, 0.29) is 11.4 Å². The Hall–Kier alpha value is -2.61. The van der Waals surface area contributed by atoms with Crippen LogP contribution in [0.4, 0.5) is 21.9 Å². The molecular weight excluding hydrogens is 354 g/mol. The monoisotopic (exact) mass is 365 g/mol. The zero-order valence-electron chi connectivity index (χ0n) is 11.5. The number of nitrogens with one attached hydrogen (secondary N) is 2. The van der Waals surface area contributed by atoms with Crippen LogP contribution in [0.5, 0.6) is 5.75 Å². The average molecular weight is 366 g/mol. The number of carbonyl (C=O) groups excluding carboxylic acids is 1. The molecule has 0 radical (unpaired) electrons. The van der Waals surface area contributed by atoms with Crippen LogP contribution in [0.1, 0.15) is 0 Å². The van der Waals surface area contributed by atoms with Gasteiger partial charge in [0.15, 0.2) is 0 Å². The summed E-state index contributed by atoms with van der Waals surface area (Å²) in [5.41, 5.74) is 0.652. The molecule has 0 aliphatic heterocycles. The van der Waals surface area contributed by atoms with Crippen LogP contribution in [0, 0.1) is 10.1 Å². The van der Waals surface area contributed by atoms with E-state index < -0.39 is 11.0 Å². The molecule has 0 atom stereocenters. The van der Waals surface area contributed by atoms with Crippen LogP contribution < -0.4 is 15.4 Å². The zero-order valence-corrected chi connectivity index (χ0v) is 13.1. The summed E-state index contributed by atoms with van der Waals surface area (Å²) in [5.74, 6) is 0.329. The van der Waals surface area contributed by atoms with Crippen molar-refractivity contribution in [3.8, 4) is 5.75 Å². The number of methoxy groups -OCH3 is 1. The second-order valence-electron chi connectivity index (χ2n) is 4.23. The molecule has 0 heterocycles. The molecule has 0 saturated carbocycles. The number of nitro groups is 1. The maximum atomic E-state index is 12.0. The molecule has 0 aromatic heterocycles. The van der Waals surface area contributed by atoms with Crippen molar-refractivity contribution in [3.05, 3.63) is 57.1 Å². The Balaban J connectivity index is 2.16. The lowest BCUT2D eigenvalue weighted by molar-refractivity contribution is -0.384. The van der Waals surface area contributed by atoms with E-state index >= 15 is 0 Å². The lowest BCUT2D eigenvalue weighted by atomic mass is 10.2. The lowest BCUT2D eigenvalue weighted by Gasteiger charge is -2.11. The van der Waals surface area contributed by atoms with Gasteiger partial charge in [0.25, 0.3) is 5.69 Å². The van der Waals surface area contributed by atoms with Crippen molar-refractivity contribution in [1.82, 2.24) is 0 Å². The van der Waals surface area contributed by atoms with Gasteiger partial charge in [0.2, 0.25) is 0 Å². The Bertz CT molecular complexity index is 721. The van der Waals surface area contributed by atoms with Gasteiger partial charge in [-0.1, -0.05) is 22.0 Å². The lowest BCUT2D eigenvalue weighted by Crippen LogP contribution is -2.19. The van der Waals surface area contributed by atoms with Gasteiger partial charge in [-0.15, -0.1) is 0 Å². The van der Waals surface area contributed by atoms with E-state index in [2.05, 4.69) is 26.6 Å². The van der Waals surface area contributed by atoms with Crippen molar-refractivity contribution in [3.63, 3.8) is 0 Å². The van der Waals surface area contributed by atoms with E-state index in [1.54, 1.807) is 18.2 Å². The molecule has 114 valence electrons. The molecule has 7 nitrogen and oxygen atoms in total. The van der Waals surface area contributed by atoms with Crippen LogP contribution in [0.3, 0.4) is 0 Å². The third-order valence-corrected chi connectivity index (χ3v) is 3.22. The molecule has 8 heteroatoms. The second kappa shape index (κ2) is 6.90. The first-order chi connectivity index (χ1) is 10.5. The molecule has 0 aliphatic carbocycles. The van der Waals surface area contributed by atoms with Crippen LogP contribution in [-0.2, 0) is 0 Å². The van der Waals surface area contributed by atoms with Gasteiger partial charge in [0.1, 0.15) is 5.75 Å². The van der Waals surface area contributed by atoms with Gasteiger partial charge in [0, 0.05) is 22.3 Å². The van der Waals surface area contributed by atoms with Gasteiger partial charge in [-0.05, 0) is 24.3 Å². The summed E-state index contributed by atoms with van der Waals surface area (Å²) >= 11 is 3.30. The van der Waals surface area contributed by atoms with E-state index in [9.17, 15) is 14.9 Å². The Morgan fingerprint density at radius 1 is 1.23 bits per heavy atom. The number of nitro benzene ring substituents is 1. The molecule has 2 amide bonds. The number of halogens is 1. The van der Waals surface area contributed by atoms with Gasteiger partial charge in [-0.25, -0.2) is 4.79 Å². The topological polar surface area (TPSA) is 93.5 Å². The quantitative estimate of drug-likeness (QED) is 0.632. The highest BCUT2D eigenvalue weighted by atomic mass is 79.9. The van der Waals surface area contributed by atoms with Crippen LogP contribution in [0.2, 0.25) is 0 Å². The fraction of sp³-hybridized carbons (Fsp3) is 0.0714. The summed E-state index contributed by atoms with van der Waals surface area (Å²) in [5, 5.41) is 16.0. The number of carbonyl (C=O) groups is 1. The van der Waals surface area contributed by atoms with Crippen LogP contribution in [-0.4, -0.2) is 18.1 Å². The standard InChI is InChI=1S/C14H12BrN3O4/c1-22-13-6-5-11(18(20)21)8-12(13)17-14(19)16-10-4-2-3-9(15)7-10/h2-8H,1H3,(H2,16,17,19). The van der Waals surface area contributed by atoms with Gasteiger partial charge in [-0.2, -0.15) is 0 Å². The number of non-ortho nitro benzene ring substituents is 1. The maximum Gasteiger partial charge on any atom is 0.323 e. The second-order valence-corrected chi connectivity index (χ2v) is 5.15. The average Bonchev–Trinajstić information content (AvgIpc) is 2.47. The summed E-state index contributed by atoms with van der Waals surface area (Å²) in [6, 6.07) is 10.5. The SMILES string of the molecule is COc1ccc([N+](=O)[O-])cc1NC(=O)Nc1cccc(Br)c1. The van der Waals surface area contributed by atoms with Crippen molar-refractivity contribution >= 4 is 39.0 Å². The molecule has 0 aliphatic rings. The van der Waals surface area contributed by atoms with E-state index in [4.69, 9.17) is 4.74 Å². The number of nitrogens with zero attached hydrogens (tertiary/aromatic N) is 1. The number of hydrogen-bond acceptors (Lipinski definition) is 4. The third-order valence-electron chi connectivity index (χ3n) is 2.72. The molecule has 0 unspecified atom stereocenters. The summed E-state index contributed by atoms with van der Waals surface area (Å²) in [4.78, 5) is 22.2. The molecular formula is C14H12BrN3O4. The number of rotatable bonds is 4. The predicted octanol–water partition coefficient (Wildman–Crippen LogP) is 4.01. The van der Waals surface area contributed by atoms with Crippen LogP contribution >= 0.6 is 15.9 Å². The van der Waals surface area contributed by atoms with E-state index in [1.807, 2.05) is 6.07 Å². The fourth-order valence-electron chi connectivity index (χ4n) is 1.76. The summed E-state index contributed by atoms with van der Waals surface area (Å²) in [6.07, 6.45) is 0. The van der Waals surface area contributed by atoms with Gasteiger partial charge >= 0.3 is 6.03 Å². The maximum absolute atomic E-state index is 12.0. The highest BCUT2D eigenvalue weighted by molar-refractivity contribution is 9.10. The smallest absolute Gasteiger partial charge is 0.323 e. The molecule has 0 fully saturated rings. The van der Waals surface area contributed by atoms with Gasteiger partial charge < -0.3 is 15.4 Å².